The van der Waals surface area contributed by atoms with E-state index in [4.69, 9.17) is 14.6 Å². The van der Waals surface area contributed by atoms with Crippen molar-refractivity contribution in [2.75, 3.05) is 19.0 Å². The molecule has 7 nitrogen and oxygen atoms in total. The van der Waals surface area contributed by atoms with Gasteiger partial charge in [-0.2, -0.15) is 5.10 Å². The van der Waals surface area contributed by atoms with Crippen LogP contribution in [0.1, 0.15) is 51.2 Å². The number of hydrazone groups is 1. The second-order valence-electron chi connectivity index (χ2n) is 7.62. The molecule has 1 heterocycles. The first kappa shape index (κ1) is 24.6. The Morgan fingerprint density at radius 2 is 1.88 bits per heavy atom. The average molecular weight is 470 g/mol. The first-order chi connectivity index (χ1) is 16.0. The number of amides is 2. The number of carbonyl (C=O) groups excluding carboxylic acids is 2. The highest BCUT2D eigenvalue weighted by molar-refractivity contribution is 8.14. The van der Waals surface area contributed by atoms with Gasteiger partial charge in [-0.3, -0.25) is 9.59 Å². The largest absolute Gasteiger partial charge is 0.493 e. The maximum absolute atomic E-state index is 12.8. The Bertz CT molecular complexity index is 1010. The van der Waals surface area contributed by atoms with E-state index in [1.807, 2.05) is 56.3 Å². The summed E-state index contributed by atoms with van der Waals surface area (Å²) in [6, 6.07) is 13.2. The molecule has 1 aliphatic rings. The zero-order chi connectivity index (χ0) is 23.8. The van der Waals surface area contributed by atoms with Crippen molar-refractivity contribution in [3.8, 4) is 11.5 Å². The molecule has 0 fully saturated rings. The first-order valence-corrected chi connectivity index (χ1v) is 12.1. The van der Waals surface area contributed by atoms with E-state index in [0.717, 1.165) is 35.4 Å². The summed E-state index contributed by atoms with van der Waals surface area (Å²) in [7, 11) is 1.61. The monoisotopic (exact) mass is 469 g/mol. The second kappa shape index (κ2) is 11.7. The summed E-state index contributed by atoms with van der Waals surface area (Å²) in [5, 5.41) is 9.01. The van der Waals surface area contributed by atoms with E-state index in [-0.39, 0.29) is 16.4 Å². The molecule has 1 unspecified atom stereocenters. The summed E-state index contributed by atoms with van der Waals surface area (Å²) >= 11 is 1.29. The van der Waals surface area contributed by atoms with E-state index in [1.54, 1.807) is 7.11 Å². The van der Waals surface area contributed by atoms with Crippen molar-refractivity contribution in [3.63, 3.8) is 0 Å². The zero-order valence-electron chi connectivity index (χ0n) is 19.6. The number of nitrogens with zero attached hydrogens (tertiary/aromatic N) is 2. The van der Waals surface area contributed by atoms with Crippen LogP contribution in [0.25, 0.3) is 0 Å². The van der Waals surface area contributed by atoms with Crippen molar-refractivity contribution >= 4 is 34.3 Å². The van der Waals surface area contributed by atoms with Crippen LogP contribution in [0.5, 0.6) is 11.5 Å². The quantitative estimate of drug-likeness (QED) is 0.484. The van der Waals surface area contributed by atoms with E-state index in [9.17, 15) is 9.59 Å². The van der Waals surface area contributed by atoms with Gasteiger partial charge in [0.05, 0.1) is 31.2 Å². The lowest BCUT2D eigenvalue weighted by molar-refractivity contribution is -0.116. The van der Waals surface area contributed by atoms with Crippen LogP contribution in [-0.2, 0) is 11.3 Å². The van der Waals surface area contributed by atoms with Crippen LogP contribution in [0.3, 0.4) is 0 Å². The number of hydrogen-bond donors (Lipinski definition) is 1. The fourth-order valence-electron chi connectivity index (χ4n) is 3.52. The Kier molecular flexibility index (Phi) is 8.77. The molecule has 1 aliphatic heterocycles. The predicted molar refractivity (Wildman–Crippen MR) is 133 cm³/mol. The lowest BCUT2D eigenvalue weighted by Crippen LogP contribution is -2.34. The zero-order valence-corrected chi connectivity index (χ0v) is 20.4. The lowest BCUT2D eigenvalue weighted by Gasteiger charge is -2.28. The Morgan fingerprint density at radius 1 is 1.12 bits per heavy atom. The first-order valence-electron chi connectivity index (χ1n) is 11.3. The second-order valence-corrected chi connectivity index (χ2v) is 8.77. The number of thioether (sulfide) groups is 1. The van der Waals surface area contributed by atoms with Gasteiger partial charge >= 0.3 is 5.24 Å². The lowest BCUT2D eigenvalue weighted by atomic mass is 10.0. The minimum Gasteiger partial charge on any atom is -0.493 e. The van der Waals surface area contributed by atoms with E-state index >= 15 is 0 Å². The van der Waals surface area contributed by atoms with E-state index in [1.165, 1.54) is 16.8 Å². The normalized spacial score (nSPS) is 15.8. The van der Waals surface area contributed by atoms with Gasteiger partial charge in [0.15, 0.2) is 11.5 Å². The average Bonchev–Trinajstić information content (AvgIpc) is 2.81. The molecule has 0 aliphatic carbocycles. The fraction of sp³-hybridized carbons (Fsp3) is 0.400. The molecule has 33 heavy (non-hydrogen) atoms. The van der Waals surface area contributed by atoms with Crippen LogP contribution >= 0.6 is 11.8 Å². The van der Waals surface area contributed by atoms with Crippen LogP contribution in [0.4, 0.5) is 10.5 Å². The molecule has 0 saturated heterocycles. The summed E-state index contributed by atoms with van der Waals surface area (Å²) in [6.07, 6.45) is 2.08. The molecule has 0 bridgehead atoms. The molecule has 176 valence electrons. The van der Waals surface area contributed by atoms with Crippen LogP contribution in [0.15, 0.2) is 47.6 Å². The molecule has 0 radical (unpaired) electrons. The fourth-order valence-corrected chi connectivity index (χ4v) is 4.45. The van der Waals surface area contributed by atoms with Gasteiger partial charge in [-0.25, -0.2) is 5.01 Å². The van der Waals surface area contributed by atoms with Gasteiger partial charge in [-0.15, -0.1) is 0 Å². The number of hydrogen-bond acceptors (Lipinski definition) is 6. The molecule has 2 aromatic rings. The molecule has 1 N–H and O–H groups in total. The Hall–Kier alpha value is -3.00. The number of rotatable bonds is 10. The number of ether oxygens (including phenoxy) is 2. The number of benzene rings is 2. The highest BCUT2D eigenvalue weighted by Crippen LogP contribution is 2.34. The van der Waals surface area contributed by atoms with Gasteiger partial charge in [-0.05, 0) is 55.7 Å². The topological polar surface area (TPSA) is 80.2 Å². The Labute approximate surface area is 199 Å². The standard InChI is InChI=1S/C25H31N3O4S/c1-5-8-23(29)26-19-12-9-17(10-13-19)16-28-25(30)33-22(6-2)24(27-28)18-11-14-20(31-4)21(15-18)32-7-3/h9-15,22H,5-8,16H2,1-4H3,(H,26,29). The van der Waals surface area contributed by atoms with Gasteiger partial charge in [0.25, 0.3) is 0 Å². The van der Waals surface area contributed by atoms with Crippen molar-refractivity contribution in [3.05, 3.63) is 53.6 Å². The third-order valence-electron chi connectivity index (χ3n) is 5.16. The summed E-state index contributed by atoms with van der Waals surface area (Å²) in [4.78, 5) is 24.6. The van der Waals surface area contributed by atoms with Gasteiger partial charge in [0.2, 0.25) is 5.91 Å². The van der Waals surface area contributed by atoms with Crippen molar-refractivity contribution in [2.24, 2.45) is 5.10 Å². The maximum Gasteiger partial charge on any atom is 0.302 e. The highest BCUT2D eigenvalue weighted by atomic mass is 32.2. The Balaban J connectivity index is 1.83. The van der Waals surface area contributed by atoms with Gasteiger partial charge in [0, 0.05) is 17.7 Å². The van der Waals surface area contributed by atoms with Crippen molar-refractivity contribution in [1.82, 2.24) is 5.01 Å². The third kappa shape index (κ3) is 6.28. The summed E-state index contributed by atoms with van der Waals surface area (Å²) < 4.78 is 11.1. The molecule has 2 amide bonds. The maximum atomic E-state index is 12.8. The van der Waals surface area contributed by atoms with Crippen LogP contribution in [-0.4, -0.2) is 40.8 Å². The molecular formula is C25H31N3O4S. The molecule has 0 aromatic heterocycles. The summed E-state index contributed by atoms with van der Waals surface area (Å²) in [5.74, 6) is 1.32. The molecule has 0 spiro atoms. The molecule has 8 heteroatoms. The van der Waals surface area contributed by atoms with Gasteiger partial charge < -0.3 is 14.8 Å². The van der Waals surface area contributed by atoms with Crippen molar-refractivity contribution in [2.45, 2.75) is 51.8 Å². The minimum atomic E-state index is -0.0792. The highest BCUT2D eigenvalue weighted by Gasteiger charge is 2.30. The number of methoxy groups -OCH3 is 1. The van der Waals surface area contributed by atoms with Crippen LogP contribution < -0.4 is 14.8 Å². The smallest absolute Gasteiger partial charge is 0.302 e. The van der Waals surface area contributed by atoms with Crippen molar-refractivity contribution in [1.29, 1.82) is 0 Å². The molecule has 1 atom stereocenters. The van der Waals surface area contributed by atoms with Crippen molar-refractivity contribution < 1.29 is 19.1 Å². The SMILES string of the molecule is CCCC(=O)Nc1ccc(CN2N=C(c3ccc(OC)c(OCC)c3)C(CC)SC2=O)cc1. The van der Waals surface area contributed by atoms with Crippen LogP contribution in [0, 0.1) is 0 Å². The van der Waals surface area contributed by atoms with Gasteiger partial charge in [0.1, 0.15) is 0 Å². The third-order valence-corrected chi connectivity index (χ3v) is 6.42. The minimum absolute atomic E-state index is 0.00128. The predicted octanol–water partition coefficient (Wildman–Crippen LogP) is 5.68. The summed E-state index contributed by atoms with van der Waals surface area (Å²) in [6.45, 7) is 6.82. The number of nitrogens with one attached hydrogen (secondary N) is 1. The molecule has 2 aromatic carbocycles. The van der Waals surface area contributed by atoms with E-state index < -0.39 is 0 Å². The van der Waals surface area contributed by atoms with Gasteiger partial charge in [-0.1, -0.05) is 37.7 Å². The number of anilines is 1. The van der Waals surface area contributed by atoms with E-state index in [0.29, 0.717) is 31.1 Å². The number of carbonyl (C=O) groups is 2. The van der Waals surface area contributed by atoms with E-state index in [2.05, 4.69) is 12.2 Å². The Morgan fingerprint density at radius 3 is 2.52 bits per heavy atom. The molecular weight excluding hydrogens is 438 g/mol. The molecule has 0 saturated carbocycles. The molecule has 3 rings (SSSR count). The van der Waals surface area contributed by atoms with Crippen LogP contribution in [0.2, 0.25) is 0 Å². The summed E-state index contributed by atoms with van der Waals surface area (Å²) in [5.41, 5.74) is 3.42.